The fourth-order valence-electron chi connectivity index (χ4n) is 1.45. The minimum Gasteiger partial charge on any atom is -0.491 e. The fourth-order valence-corrected chi connectivity index (χ4v) is 1.45. The summed E-state index contributed by atoms with van der Waals surface area (Å²) in [4.78, 5) is 3.89. The quantitative estimate of drug-likeness (QED) is 0.782. The van der Waals surface area contributed by atoms with Crippen LogP contribution in [0.25, 0.3) is 0 Å². The molecule has 1 fully saturated rings. The van der Waals surface area contributed by atoms with E-state index in [1.54, 1.807) is 18.5 Å². The minimum atomic E-state index is 0.502. The van der Waals surface area contributed by atoms with Crippen LogP contribution in [-0.2, 0) is 4.74 Å². The average molecular weight is 194 g/mol. The molecule has 1 atom stereocenters. The second-order valence-corrected chi connectivity index (χ2v) is 3.45. The van der Waals surface area contributed by atoms with Crippen molar-refractivity contribution in [3.63, 3.8) is 0 Å². The van der Waals surface area contributed by atoms with Gasteiger partial charge in [0, 0.05) is 24.8 Å². The molecule has 2 rings (SSSR count). The number of anilines is 1. The van der Waals surface area contributed by atoms with E-state index in [0.29, 0.717) is 24.0 Å². The van der Waals surface area contributed by atoms with Crippen LogP contribution >= 0.6 is 0 Å². The molecule has 14 heavy (non-hydrogen) atoms. The Morgan fingerprint density at radius 1 is 1.64 bits per heavy atom. The van der Waals surface area contributed by atoms with Crippen molar-refractivity contribution in [1.29, 1.82) is 0 Å². The lowest BCUT2D eigenvalue weighted by Gasteiger charge is -2.11. The van der Waals surface area contributed by atoms with Gasteiger partial charge in [-0.05, 0) is 6.42 Å². The van der Waals surface area contributed by atoms with Crippen LogP contribution in [0.2, 0.25) is 0 Å². The van der Waals surface area contributed by atoms with Crippen molar-refractivity contribution in [3.05, 3.63) is 18.5 Å². The molecule has 0 aromatic carbocycles. The zero-order valence-corrected chi connectivity index (χ0v) is 7.98. The Bertz CT molecular complexity index is 298. The van der Waals surface area contributed by atoms with E-state index in [1.807, 2.05) is 0 Å². The molecule has 0 radical (unpaired) electrons. The van der Waals surface area contributed by atoms with Gasteiger partial charge in [-0.3, -0.25) is 4.98 Å². The maximum Gasteiger partial charge on any atom is 0.145 e. The lowest BCUT2D eigenvalue weighted by Crippen LogP contribution is -2.12. The second kappa shape index (κ2) is 4.28. The summed E-state index contributed by atoms with van der Waals surface area (Å²) in [5, 5.41) is 0. The molecule has 0 saturated carbocycles. The molecule has 0 bridgehead atoms. The maximum atomic E-state index is 5.69. The second-order valence-electron chi connectivity index (χ2n) is 3.45. The molecule has 76 valence electrons. The largest absolute Gasteiger partial charge is 0.491 e. The molecular formula is C10H14N2O2. The van der Waals surface area contributed by atoms with Crippen molar-refractivity contribution in [1.82, 2.24) is 4.98 Å². The van der Waals surface area contributed by atoms with Gasteiger partial charge in [-0.1, -0.05) is 0 Å². The maximum absolute atomic E-state index is 5.69. The Morgan fingerprint density at radius 2 is 2.57 bits per heavy atom. The fraction of sp³-hybridized carbons (Fsp3) is 0.500. The van der Waals surface area contributed by atoms with Crippen LogP contribution in [0.4, 0.5) is 5.69 Å². The van der Waals surface area contributed by atoms with Crippen LogP contribution in [0.3, 0.4) is 0 Å². The van der Waals surface area contributed by atoms with Gasteiger partial charge in [0.2, 0.25) is 0 Å². The van der Waals surface area contributed by atoms with Crippen LogP contribution in [-0.4, -0.2) is 24.8 Å². The Kier molecular flexibility index (Phi) is 2.84. The molecule has 1 aliphatic rings. The first-order chi connectivity index (χ1) is 6.86. The Hall–Kier alpha value is -1.29. The molecule has 2 N–H and O–H groups in total. The summed E-state index contributed by atoms with van der Waals surface area (Å²) in [7, 11) is 0. The number of pyridine rings is 1. The van der Waals surface area contributed by atoms with Crippen LogP contribution in [0.5, 0.6) is 5.75 Å². The molecular weight excluding hydrogens is 180 g/mol. The summed E-state index contributed by atoms with van der Waals surface area (Å²) in [5.74, 6) is 1.22. The van der Waals surface area contributed by atoms with Crippen LogP contribution in [0.1, 0.15) is 6.42 Å². The van der Waals surface area contributed by atoms with Crippen molar-refractivity contribution >= 4 is 5.69 Å². The molecule has 1 saturated heterocycles. The Morgan fingerprint density at radius 3 is 3.29 bits per heavy atom. The van der Waals surface area contributed by atoms with Gasteiger partial charge in [0.25, 0.3) is 0 Å². The van der Waals surface area contributed by atoms with Crippen LogP contribution < -0.4 is 10.5 Å². The molecule has 4 nitrogen and oxygen atoms in total. The zero-order chi connectivity index (χ0) is 9.80. The molecule has 1 unspecified atom stereocenters. The summed E-state index contributed by atoms with van der Waals surface area (Å²) in [5.41, 5.74) is 6.28. The first-order valence-corrected chi connectivity index (χ1v) is 4.76. The smallest absolute Gasteiger partial charge is 0.145 e. The first kappa shape index (κ1) is 9.27. The third-order valence-corrected chi connectivity index (χ3v) is 2.31. The first-order valence-electron chi connectivity index (χ1n) is 4.76. The highest BCUT2D eigenvalue weighted by atomic mass is 16.5. The van der Waals surface area contributed by atoms with Crippen molar-refractivity contribution in [2.75, 3.05) is 25.6 Å². The lowest BCUT2D eigenvalue weighted by molar-refractivity contribution is 0.167. The van der Waals surface area contributed by atoms with Gasteiger partial charge in [0.15, 0.2) is 0 Å². The van der Waals surface area contributed by atoms with Crippen LogP contribution in [0.15, 0.2) is 18.5 Å². The van der Waals surface area contributed by atoms with E-state index in [0.717, 1.165) is 19.6 Å². The van der Waals surface area contributed by atoms with Crippen molar-refractivity contribution in [2.45, 2.75) is 6.42 Å². The Balaban J connectivity index is 1.88. The monoisotopic (exact) mass is 194 g/mol. The van der Waals surface area contributed by atoms with Crippen molar-refractivity contribution in [2.24, 2.45) is 5.92 Å². The SMILES string of the molecule is Nc1cnccc1OCC1CCOC1. The van der Waals surface area contributed by atoms with Crippen LogP contribution in [0, 0.1) is 5.92 Å². The summed E-state index contributed by atoms with van der Waals surface area (Å²) < 4.78 is 10.8. The summed E-state index contributed by atoms with van der Waals surface area (Å²) in [6.45, 7) is 2.32. The highest BCUT2D eigenvalue weighted by Crippen LogP contribution is 2.20. The minimum absolute atomic E-state index is 0.502. The number of nitrogens with two attached hydrogens (primary N) is 1. The summed E-state index contributed by atoms with van der Waals surface area (Å²) in [6, 6.07) is 1.78. The Labute approximate surface area is 83.0 Å². The van der Waals surface area contributed by atoms with Crippen molar-refractivity contribution < 1.29 is 9.47 Å². The molecule has 0 aliphatic carbocycles. The molecule has 1 aromatic rings. The molecule has 1 aromatic heterocycles. The van der Waals surface area contributed by atoms with E-state index in [9.17, 15) is 0 Å². The van der Waals surface area contributed by atoms with E-state index in [2.05, 4.69) is 4.98 Å². The molecule has 0 amide bonds. The van der Waals surface area contributed by atoms with Crippen molar-refractivity contribution in [3.8, 4) is 5.75 Å². The molecule has 4 heteroatoms. The van der Waals surface area contributed by atoms with Gasteiger partial charge in [0.05, 0.1) is 25.1 Å². The van der Waals surface area contributed by atoms with Gasteiger partial charge in [-0.2, -0.15) is 0 Å². The van der Waals surface area contributed by atoms with E-state index < -0.39 is 0 Å². The highest BCUT2D eigenvalue weighted by Gasteiger charge is 2.16. The zero-order valence-electron chi connectivity index (χ0n) is 7.98. The normalized spacial score (nSPS) is 21.0. The number of hydrogen-bond acceptors (Lipinski definition) is 4. The number of aromatic nitrogens is 1. The number of nitrogens with zero attached hydrogens (tertiary/aromatic N) is 1. The van der Waals surface area contributed by atoms with E-state index in [1.165, 1.54) is 0 Å². The van der Waals surface area contributed by atoms with Gasteiger partial charge in [-0.25, -0.2) is 0 Å². The topological polar surface area (TPSA) is 57.4 Å². The van der Waals surface area contributed by atoms with Gasteiger partial charge in [-0.15, -0.1) is 0 Å². The molecule has 1 aliphatic heterocycles. The summed E-state index contributed by atoms with van der Waals surface area (Å²) in [6.07, 6.45) is 4.35. The van der Waals surface area contributed by atoms with E-state index in [-0.39, 0.29) is 0 Å². The third-order valence-electron chi connectivity index (χ3n) is 2.31. The standard InChI is InChI=1S/C10H14N2O2/c11-9-5-12-3-1-10(9)14-7-8-2-4-13-6-8/h1,3,5,8H,2,4,6-7,11H2. The predicted octanol–water partition coefficient (Wildman–Crippen LogP) is 1.08. The number of ether oxygens (including phenoxy) is 2. The van der Waals surface area contributed by atoms with Gasteiger partial charge >= 0.3 is 0 Å². The average Bonchev–Trinajstić information content (AvgIpc) is 2.69. The van der Waals surface area contributed by atoms with E-state index in [4.69, 9.17) is 15.2 Å². The van der Waals surface area contributed by atoms with Gasteiger partial charge in [0.1, 0.15) is 5.75 Å². The lowest BCUT2D eigenvalue weighted by atomic mass is 10.1. The molecule has 2 heterocycles. The van der Waals surface area contributed by atoms with E-state index >= 15 is 0 Å². The summed E-state index contributed by atoms with van der Waals surface area (Å²) >= 11 is 0. The number of hydrogen-bond donors (Lipinski definition) is 1. The predicted molar refractivity (Wildman–Crippen MR) is 53.1 cm³/mol. The molecule has 0 spiro atoms. The van der Waals surface area contributed by atoms with Gasteiger partial charge < -0.3 is 15.2 Å². The number of rotatable bonds is 3. The number of nitrogen functional groups attached to an aromatic ring is 1. The third kappa shape index (κ3) is 2.14. The highest BCUT2D eigenvalue weighted by molar-refractivity contribution is 5.49.